The molecule has 0 saturated heterocycles. The van der Waals surface area contributed by atoms with Gasteiger partial charge in [0.25, 0.3) is 0 Å². The van der Waals surface area contributed by atoms with Gasteiger partial charge in [-0.1, -0.05) is 18.2 Å². The zero-order valence-corrected chi connectivity index (χ0v) is 12.6. The second-order valence-electron chi connectivity index (χ2n) is 5.62. The molecule has 1 N–H and O–H groups in total. The van der Waals surface area contributed by atoms with E-state index in [1.807, 2.05) is 0 Å². The third-order valence-electron chi connectivity index (χ3n) is 2.44. The molecule has 21 heavy (non-hydrogen) atoms. The number of rotatable bonds is 4. The third-order valence-corrected chi connectivity index (χ3v) is 2.44. The van der Waals surface area contributed by atoms with Crippen molar-refractivity contribution in [3.8, 4) is 0 Å². The molecule has 0 heterocycles. The van der Waals surface area contributed by atoms with Crippen molar-refractivity contribution >= 4 is 18.0 Å². The molecule has 0 spiro atoms. The molecule has 0 aliphatic heterocycles. The standard InChI is InChI=1S/C16H20FNO3/c1-11(15(20)21-16(2,3)4)18-14(19)10-9-12-7-5-6-8-13(12)17/h5-11H,1-4H3,(H,18,19)/b10-9+/t11-/m0/s1. The Morgan fingerprint density at radius 1 is 1.29 bits per heavy atom. The summed E-state index contributed by atoms with van der Waals surface area (Å²) in [4.78, 5) is 23.4. The lowest BCUT2D eigenvalue weighted by Gasteiger charge is -2.22. The number of ether oxygens (including phenoxy) is 1. The summed E-state index contributed by atoms with van der Waals surface area (Å²) in [6, 6.07) is 5.32. The van der Waals surface area contributed by atoms with Crippen LogP contribution in [0.5, 0.6) is 0 Å². The van der Waals surface area contributed by atoms with E-state index in [2.05, 4.69) is 5.32 Å². The number of esters is 1. The van der Waals surface area contributed by atoms with Crippen LogP contribution < -0.4 is 5.32 Å². The molecule has 0 aromatic heterocycles. The zero-order chi connectivity index (χ0) is 16.0. The molecule has 0 saturated carbocycles. The van der Waals surface area contributed by atoms with Crippen LogP contribution in [0.25, 0.3) is 6.08 Å². The van der Waals surface area contributed by atoms with Crippen LogP contribution in [-0.2, 0) is 14.3 Å². The second kappa shape index (κ2) is 7.02. The van der Waals surface area contributed by atoms with Crippen LogP contribution in [-0.4, -0.2) is 23.5 Å². The van der Waals surface area contributed by atoms with Crippen molar-refractivity contribution in [1.29, 1.82) is 0 Å². The summed E-state index contributed by atoms with van der Waals surface area (Å²) in [7, 11) is 0. The fraction of sp³-hybridized carbons (Fsp3) is 0.375. The second-order valence-corrected chi connectivity index (χ2v) is 5.62. The fourth-order valence-electron chi connectivity index (χ4n) is 1.49. The molecular formula is C16H20FNO3. The van der Waals surface area contributed by atoms with Gasteiger partial charge in [-0.25, -0.2) is 9.18 Å². The van der Waals surface area contributed by atoms with Gasteiger partial charge in [-0.05, 0) is 39.8 Å². The maximum atomic E-state index is 13.4. The number of hydrogen-bond acceptors (Lipinski definition) is 3. The van der Waals surface area contributed by atoms with E-state index >= 15 is 0 Å². The first kappa shape index (κ1) is 16.9. The van der Waals surface area contributed by atoms with Crippen molar-refractivity contribution in [2.75, 3.05) is 0 Å². The Labute approximate surface area is 124 Å². The number of benzene rings is 1. The van der Waals surface area contributed by atoms with Crippen LogP contribution in [0.15, 0.2) is 30.3 Å². The number of halogens is 1. The molecule has 114 valence electrons. The molecule has 0 aliphatic carbocycles. The monoisotopic (exact) mass is 293 g/mol. The predicted molar refractivity (Wildman–Crippen MR) is 78.9 cm³/mol. The number of carbonyl (C=O) groups is 2. The minimum Gasteiger partial charge on any atom is -0.458 e. The molecule has 1 amide bonds. The van der Waals surface area contributed by atoms with E-state index in [9.17, 15) is 14.0 Å². The predicted octanol–water partition coefficient (Wildman–Crippen LogP) is 2.69. The molecule has 0 unspecified atom stereocenters. The van der Waals surface area contributed by atoms with Crippen molar-refractivity contribution in [3.63, 3.8) is 0 Å². The summed E-state index contributed by atoms with van der Waals surface area (Å²) in [6.45, 7) is 6.77. The van der Waals surface area contributed by atoms with Crippen molar-refractivity contribution in [3.05, 3.63) is 41.7 Å². The summed E-state index contributed by atoms with van der Waals surface area (Å²) in [5.74, 6) is -1.42. The average Bonchev–Trinajstić information content (AvgIpc) is 2.35. The van der Waals surface area contributed by atoms with Crippen LogP contribution in [0.2, 0.25) is 0 Å². The van der Waals surface area contributed by atoms with Gasteiger partial charge in [0.05, 0.1) is 0 Å². The highest BCUT2D eigenvalue weighted by Crippen LogP contribution is 2.09. The highest BCUT2D eigenvalue weighted by molar-refractivity contribution is 5.94. The van der Waals surface area contributed by atoms with Crippen LogP contribution >= 0.6 is 0 Å². The zero-order valence-electron chi connectivity index (χ0n) is 12.6. The Morgan fingerprint density at radius 2 is 1.90 bits per heavy atom. The summed E-state index contributed by atoms with van der Waals surface area (Å²) in [5.41, 5.74) is -0.309. The van der Waals surface area contributed by atoms with Crippen molar-refractivity contribution in [2.45, 2.75) is 39.3 Å². The Balaban J connectivity index is 2.58. The van der Waals surface area contributed by atoms with E-state index in [4.69, 9.17) is 4.74 Å². The first-order chi connectivity index (χ1) is 9.69. The molecule has 5 heteroatoms. The Morgan fingerprint density at radius 3 is 2.48 bits per heavy atom. The fourth-order valence-corrected chi connectivity index (χ4v) is 1.49. The minimum atomic E-state index is -0.776. The van der Waals surface area contributed by atoms with E-state index in [1.54, 1.807) is 39.0 Å². The smallest absolute Gasteiger partial charge is 0.328 e. The topological polar surface area (TPSA) is 55.4 Å². The summed E-state index contributed by atoms with van der Waals surface area (Å²) in [5, 5.41) is 2.47. The van der Waals surface area contributed by atoms with Gasteiger partial charge >= 0.3 is 5.97 Å². The molecule has 1 atom stereocenters. The van der Waals surface area contributed by atoms with Gasteiger partial charge < -0.3 is 10.1 Å². The van der Waals surface area contributed by atoms with E-state index in [0.29, 0.717) is 5.56 Å². The molecule has 1 aromatic rings. The number of nitrogens with one attached hydrogen (secondary N) is 1. The maximum absolute atomic E-state index is 13.4. The van der Waals surface area contributed by atoms with Crippen molar-refractivity contribution in [1.82, 2.24) is 5.32 Å². The van der Waals surface area contributed by atoms with Crippen LogP contribution in [0.4, 0.5) is 4.39 Å². The lowest BCUT2D eigenvalue weighted by molar-refractivity contribution is -0.157. The first-order valence-corrected chi connectivity index (χ1v) is 6.65. The highest BCUT2D eigenvalue weighted by atomic mass is 19.1. The summed E-state index contributed by atoms with van der Waals surface area (Å²) < 4.78 is 18.5. The minimum absolute atomic E-state index is 0.303. The van der Waals surface area contributed by atoms with Gasteiger partial charge in [-0.3, -0.25) is 4.79 Å². The first-order valence-electron chi connectivity index (χ1n) is 6.65. The van der Waals surface area contributed by atoms with Gasteiger partial charge in [0.2, 0.25) is 5.91 Å². The van der Waals surface area contributed by atoms with Gasteiger partial charge in [0.15, 0.2) is 0 Å². The largest absolute Gasteiger partial charge is 0.458 e. The Bertz CT molecular complexity index is 547. The number of hydrogen-bond donors (Lipinski definition) is 1. The molecule has 0 fully saturated rings. The molecule has 1 rings (SSSR count). The van der Waals surface area contributed by atoms with E-state index < -0.39 is 29.3 Å². The molecular weight excluding hydrogens is 273 g/mol. The Kier molecular flexibility index (Phi) is 5.64. The quantitative estimate of drug-likeness (QED) is 0.686. The van der Waals surface area contributed by atoms with E-state index in [0.717, 1.165) is 0 Å². The number of carbonyl (C=O) groups excluding carboxylic acids is 2. The van der Waals surface area contributed by atoms with Crippen molar-refractivity contribution < 1.29 is 18.7 Å². The van der Waals surface area contributed by atoms with Crippen molar-refractivity contribution in [2.24, 2.45) is 0 Å². The molecule has 0 aliphatic rings. The van der Waals surface area contributed by atoms with Crippen LogP contribution in [0.3, 0.4) is 0 Å². The van der Waals surface area contributed by atoms with Crippen LogP contribution in [0, 0.1) is 5.82 Å². The van der Waals surface area contributed by atoms with Gasteiger partial charge in [0.1, 0.15) is 17.5 Å². The molecule has 0 radical (unpaired) electrons. The lowest BCUT2D eigenvalue weighted by Crippen LogP contribution is -2.41. The lowest BCUT2D eigenvalue weighted by atomic mass is 10.2. The van der Waals surface area contributed by atoms with Gasteiger partial charge in [-0.2, -0.15) is 0 Å². The van der Waals surface area contributed by atoms with E-state index in [1.165, 1.54) is 25.1 Å². The number of amides is 1. The molecule has 1 aromatic carbocycles. The average molecular weight is 293 g/mol. The Hall–Kier alpha value is -2.17. The normalized spacial score (nSPS) is 13.0. The maximum Gasteiger partial charge on any atom is 0.328 e. The van der Waals surface area contributed by atoms with Gasteiger partial charge in [0, 0.05) is 11.6 Å². The van der Waals surface area contributed by atoms with Gasteiger partial charge in [-0.15, -0.1) is 0 Å². The summed E-state index contributed by atoms with van der Waals surface area (Å²) >= 11 is 0. The SMILES string of the molecule is C[C@H](NC(=O)/C=C/c1ccccc1F)C(=O)OC(C)(C)C. The molecule has 4 nitrogen and oxygen atoms in total. The molecule has 0 bridgehead atoms. The highest BCUT2D eigenvalue weighted by Gasteiger charge is 2.22. The van der Waals surface area contributed by atoms with E-state index in [-0.39, 0.29) is 0 Å². The summed E-state index contributed by atoms with van der Waals surface area (Å²) in [6.07, 6.45) is 2.53. The third kappa shape index (κ3) is 6.21. The van der Waals surface area contributed by atoms with Crippen LogP contribution in [0.1, 0.15) is 33.3 Å².